The van der Waals surface area contributed by atoms with Gasteiger partial charge in [0, 0.05) is 22.4 Å². The number of nitrogens with zero attached hydrogens (tertiary/aromatic N) is 5. The van der Waals surface area contributed by atoms with Gasteiger partial charge in [0.1, 0.15) is 5.01 Å². The van der Waals surface area contributed by atoms with Crippen LogP contribution in [0.4, 0.5) is 5.13 Å². The maximum Gasteiger partial charge on any atom is 0.236 e. The summed E-state index contributed by atoms with van der Waals surface area (Å²) < 4.78 is 2.10. The fourth-order valence-electron chi connectivity index (χ4n) is 2.39. The Balaban J connectivity index is 1.73. The first-order valence-corrected chi connectivity index (χ1v) is 10.9. The second kappa shape index (κ2) is 8.28. The fourth-order valence-corrected chi connectivity index (χ4v) is 4.62. The topological polar surface area (TPSA) is 85.6 Å². The van der Waals surface area contributed by atoms with Crippen LogP contribution in [0.3, 0.4) is 0 Å². The molecule has 3 aromatic heterocycles. The molecule has 0 fully saturated rings. The van der Waals surface area contributed by atoms with E-state index in [0.717, 1.165) is 34.5 Å². The lowest BCUT2D eigenvalue weighted by atomic mass is 10.1. The number of thiophene rings is 1. The smallest absolute Gasteiger partial charge is 0.236 e. The number of aryl methyl sites for hydroxylation is 2. The number of hydrogen-bond acceptors (Lipinski definition) is 8. The van der Waals surface area contributed by atoms with Gasteiger partial charge in [0.25, 0.3) is 0 Å². The normalized spacial score (nSPS) is 11.1. The number of carbonyl (C=O) groups excluding carboxylic acids is 1. The molecular formula is C16H20N6OS3. The second-order valence-corrected chi connectivity index (χ2v) is 8.96. The number of thioether (sulfide) groups is 1. The van der Waals surface area contributed by atoms with Crippen molar-refractivity contribution in [3.8, 4) is 11.4 Å². The van der Waals surface area contributed by atoms with Gasteiger partial charge in [-0.05, 0) is 32.8 Å². The molecule has 0 aliphatic carbocycles. The Labute approximate surface area is 164 Å². The van der Waals surface area contributed by atoms with E-state index in [9.17, 15) is 4.79 Å². The number of anilines is 1. The van der Waals surface area contributed by atoms with Crippen LogP contribution in [0, 0.1) is 20.8 Å². The van der Waals surface area contributed by atoms with E-state index in [1.165, 1.54) is 33.5 Å². The third-order valence-corrected chi connectivity index (χ3v) is 6.53. The summed E-state index contributed by atoms with van der Waals surface area (Å²) in [5.41, 5.74) is 2.36. The molecule has 3 aromatic rings. The Morgan fingerprint density at radius 2 is 2.04 bits per heavy atom. The van der Waals surface area contributed by atoms with Crippen molar-refractivity contribution in [2.75, 3.05) is 11.1 Å². The summed E-state index contributed by atoms with van der Waals surface area (Å²) in [6.07, 6.45) is 0.969. The van der Waals surface area contributed by atoms with Gasteiger partial charge in [-0.2, -0.15) is 0 Å². The Morgan fingerprint density at radius 3 is 2.65 bits per heavy atom. The second-order valence-electron chi connectivity index (χ2n) is 5.75. The van der Waals surface area contributed by atoms with E-state index in [1.807, 2.05) is 6.92 Å². The first-order valence-electron chi connectivity index (χ1n) is 8.20. The van der Waals surface area contributed by atoms with Crippen LogP contribution in [-0.2, 0) is 11.3 Å². The summed E-state index contributed by atoms with van der Waals surface area (Å²) >= 11 is 4.46. The van der Waals surface area contributed by atoms with Crippen molar-refractivity contribution < 1.29 is 4.79 Å². The molecule has 3 heterocycles. The van der Waals surface area contributed by atoms with Crippen LogP contribution in [0.2, 0.25) is 0 Å². The van der Waals surface area contributed by atoms with Gasteiger partial charge >= 0.3 is 0 Å². The number of carbonyl (C=O) groups is 1. The molecule has 26 heavy (non-hydrogen) atoms. The van der Waals surface area contributed by atoms with Crippen molar-refractivity contribution in [3.05, 3.63) is 20.8 Å². The van der Waals surface area contributed by atoms with Crippen molar-refractivity contribution in [3.63, 3.8) is 0 Å². The maximum atomic E-state index is 12.1. The van der Waals surface area contributed by atoms with Crippen molar-refractivity contribution in [1.29, 1.82) is 0 Å². The molecule has 0 unspecified atom stereocenters. The minimum Gasteiger partial charge on any atom is -0.302 e. The molecule has 0 saturated carbocycles. The van der Waals surface area contributed by atoms with Gasteiger partial charge < -0.3 is 4.57 Å². The lowest BCUT2D eigenvalue weighted by Crippen LogP contribution is -2.14. The highest BCUT2D eigenvalue weighted by atomic mass is 32.2. The summed E-state index contributed by atoms with van der Waals surface area (Å²) in [7, 11) is 0. The molecule has 0 radical (unpaired) electrons. The molecule has 3 rings (SSSR count). The van der Waals surface area contributed by atoms with Gasteiger partial charge in [-0.1, -0.05) is 30.0 Å². The zero-order valence-corrected chi connectivity index (χ0v) is 17.5. The highest BCUT2D eigenvalue weighted by Crippen LogP contribution is 2.31. The van der Waals surface area contributed by atoms with E-state index in [-0.39, 0.29) is 11.7 Å². The molecule has 0 aliphatic heterocycles. The van der Waals surface area contributed by atoms with Crippen molar-refractivity contribution in [1.82, 2.24) is 25.0 Å². The monoisotopic (exact) mass is 408 g/mol. The molecule has 0 atom stereocenters. The van der Waals surface area contributed by atoms with Crippen LogP contribution in [0.5, 0.6) is 0 Å². The van der Waals surface area contributed by atoms with Gasteiger partial charge in [0.05, 0.1) is 5.75 Å². The molecule has 0 aromatic carbocycles. The molecule has 1 N–H and O–H groups in total. The lowest BCUT2D eigenvalue weighted by molar-refractivity contribution is -0.113. The number of aromatic nitrogens is 5. The zero-order valence-electron chi connectivity index (χ0n) is 15.1. The van der Waals surface area contributed by atoms with Gasteiger partial charge in [0.15, 0.2) is 11.0 Å². The van der Waals surface area contributed by atoms with Gasteiger partial charge in [-0.3, -0.25) is 10.1 Å². The predicted molar refractivity (Wildman–Crippen MR) is 107 cm³/mol. The number of hydrogen-bond donors (Lipinski definition) is 1. The third-order valence-electron chi connectivity index (χ3n) is 3.80. The summed E-state index contributed by atoms with van der Waals surface area (Å²) in [6.45, 7) is 9.01. The van der Waals surface area contributed by atoms with Crippen LogP contribution in [-0.4, -0.2) is 36.6 Å². The Bertz CT molecular complexity index is 913. The SMILES string of the molecule is CCCn1c(SCC(=O)Nc2nnc(C)s2)nnc1-c1csc(C)c1C. The van der Waals surface area contributed by atoms with E-state index in [4.69, 9.17) is 0 Å². The molecule has 1 amide bonds. The lowest BCUT2D eigenvalue weighted by Gasteiger charge is -2.08. The summed E-state index contributed by atoms with van der Waals surface area (Å²) in [4.78, 5) is 13.4. The number of rotatable bonds is 7. The molecule has 7 nitrogen and oxygen atoms in total. The van der Waals surface area contributed by atoms with Crippen LogP contribution >= 0.6 is 34.4 Å². The third kappa shape index (κ3) is 4.13. The van der Waals surface area contributed by atoms with Crippen LogP contribution in [0.25, 0.3) is 11.4 Å². The standard InChI is InChI=1S/C16H20N6OS3/c1-5-6-22-14(12-7-24-10(3)9(12)2)19-21-16(22)25-8-13(23)17-15-20-18-11(4)26-15/h7H,5-6,8H2,1-4H3,(H,17,20,23). The van der Waals surface area contributed by atoms with E-state index in [1.54, 1.807) is 11.3 Å². The van der Waals surface area contributed by atoms with E-state index in [2.05, 4.69) is 56.4 Å². The molecule has 0 bridgehead atoms. The number of amides is 1. The van der Waals surface area contributed by atoms with E-state index < -0.39 is 0 Å². The Hall–Kier alpha value is -1.78. The Kier molecular flexibility index (Phi) is 6.05. The van der Waals surface area contributed by atoms with Gasteiger partial charge in [-0.25, -0.2) is 0 Å². The summed E-state index contributed by atoms with van der Waals surface area (Å²) in [5, 5.41) is 23.5. The van der Waals surface area contributed by atoms with Crippen molar-refractivity contribution >= 4 is 45.5 Å². The summed E-state index contributed by atoms with van der Waals surface area (Å²) in [5.74, 6) is 1.000. The van der Waals surface area contributed by atoms with Crippen LogP contribution in [0.15, 0.2) is 10.5 Å². The highest BCUT2D eigenvalue weighted by molar-refractivity contribution is 7.99. The molecular weight excluding hydrogens is 388 g/mol. The van der Waals surface area contributed by atoms with Crippen LogP contribution < -0.4 is 5.32 Å². The van der Waals surface area contributed by atoms with Crippen molar-refractivity contribution in [2.45, 2.75) is 45.8 Å². The molecule has 0 spiro atoms. The minimum absolute atomic E-state index is 0.124. The zero-order chi connectivity index (χ0) is 18.7. The number of nitrogens with one attached hydrogen (secondary N) is 1. The first-order chi connectivity index (χ1) is 12.5. The van der Waals surface area contributed by atoms with Crippen LogP contribution in [0.1, 0.15) is 28.8 Å². The van der Waals surface area contributed by atoms with Gasteiger partial charge in [-0.15, -0.1) is 31.7 Å². The predicted octanol–water partition coefficient (Wildman–Crippen LogP) is 3.92. The molecule has 0 aliphatic rings. The van der Waals surface area contributed by atoms with Gasteiger partial charge in [0.2, 0.25) is 11.0 Å². The maximum absolute atomic E-state index is 12.1. The molecule has 0 saturated heterocycles. The Morgan fingerprint density at radius 1 is 1.23 bits per heavy atom. The first kappa shape index (κ1) is 19.0. The average Bonchev–Trinajstić information content (AvgIpc) is 3.28. The fraction of sp³-hybridized carbons (Fsp3) is 0.438. The summed E-state index contributed by atoms with van der Waals surface area (Å²) in [6, 6.07) is 0. The van der Waals surface area contributed by atoms with E-state index in [0.29, 0.717) is 5.13 Å². The minimum atomic E-state index is -0.124. The molecule has 138 valence electrons. The largest absolute Gasteiger partial charge is 0.302 e. The highest BCUT2D eigenvalue weighted by Gasteiger charge is 2.18. The average molecular weight is 409 g/mol. The quantitative estimate of drug-likeness (QED) is 0.596. The van der Waals surface area contributed by atoms with Crippen molar-refractivity contribution in [2.24, 2.45) is 0 Å². The van der Waals surface area contributed by atoms with E-state index >= 15 is 0 Å². The molecule has 10 heteroatoms.